The number of nitrogens with zero attached hydrogens (tertiary/aromatic N) is 1. The number of benzene rings is 2. The van der Waals surface area contributed by atoms with Crippen molar-refractivity contribution in [3.8, 4) is 0 Å². The molecule has 0 aromatic heterocycles. The van der Waals surface area contributed by atoms with Crippen LogP contribution in [0.5, 0.6) is 0 Å². The van der Waals surface area contributed by atoms with Crippen LogP contribution < -0.4 is 5.32 Å². The fraction of sp³-hybridized carbons (Fsp3) is 0.0714. The Balaban J connectivity index is 2.37. The third-order valence-corrected chi connectivity index (χ3v) is 3.79. The summed E-state index contributed by atoms with van der Waals surface area (Å²) in [6, 6.07) is 11.1. The van der Waals surface area contributed by atoms with Crippen molar-refractivity contribution in [2.24, 2.45) is 0 Å². The van der Waals surface area contributed by atoms with Crippen LogP contribution in [0.3, 0.4) is 0 Å². The summed E-state index contributed by atoms with van der Waals surface area (Å²) >= 11 is 7.29. The molecule has 7 heteroatoms. The van der Waals surface area contributed by atoms with Crippen LogP contribution in [0.4, 0.5) is 11.4 Å². The maximum Gasteiger partial charge on any atom is 0.282 e. The Hall–Kier alpha value is -2.05. The highest BCUT2D eigenvalue weighted by atomic mass is 35.5. The molecule has 2 rings (SSSR count). The number of nitro benzene ring substituents is 1. The second kappa shape index (κ2) is 6.60. The zero-order valence-corrected chi connectivity index (χ0v) is 12.6. The SMILES string of the molecule is CSc1ccccc1NC(=O)c1cc(Cl)ccc1[N+](=O)[O-]. The molecule has 0 fully saturated rings. The molecule has 0 saturated heterocycles. The van der Waals surface area contributed by atoms with E-state index >= 15 is 0 Å². The van der Waals surface area contributed by atoms with E-state index in [1.165, 1.54) is 30.0 Å². The molecule has 1 amide bonds. The van der Waals surface area contributed by atoms with Gasteiger partial charge in [0.1, 0.15) is 5.56 Å². The van der Waals surface area contributed by atoms with Crippen LogP contribution in [0.1, 0.15) is 10.4 Å². The first-order valence-electron chi connectivity index (χ1n) is 5.91. The highest BCUT2D eigenvalue weighted by Gasteiger charge is 2.21. The summed E-state index contributed by atoms with van der Waals surface area (Å²) in [5.74, 6) is -0.564. The normalized spacial score (nSPS) is 10.2. The number of anilines is 1. The third kappa shape index (κ3) is 3.53. The quantitative estimate of drug-likeness (QED) is 0.519. The molecule has 0 atom stereocenters. The van der Waals surface area contributed by atoms with Gasteiger partial charge in [0, 0.05) is 16.0 Å². The molecule has 2 aromatic carbocycles. The molecule has 0 spiro atoms. The Labute approximate surface area is 130 Å². The van der Waals surface area contributed by atoms with E-state index in [4.69, 9.17) is 11.6 Å². The average Bonchev–Trinajstić information content (AvgIpc) is 2.47. The van der Waals surface area contributed by atoms with Crippen molar-refractivity contribution in [2.75, 3.05) is 11.6 Å². The van der Waals surface area contributed by atoms with Gasteiger partial charge in [0.15, 0.2) is 0 Å². The largest absolute Gasteiger partial charge is 0.321 e. The highest BCUT2D eigenvalue weighted by molar-refractivity contribution is 7.98. The Kier molecular flexibility index (Phi) is 4.82. The summed E-state index contributed by atoms with van der Waals surface area (Å²) in [6.45, 7) is 0. The van der Waals surface area contributed by atoms with Gasteiger partial charge in [0.25, 0.3) is 11.6 Å². The Morgan fingerprint density at radius 3 is 2.67 bits per heavy atom. The van der Waals surface area contributed by atoms with Gasteiger partial charge in [-0.3, -0.25) is 14.9 Å². The van der Waals surface area contributed by atoms with E-state index < -0.39 is 10.8 Å². The van der Waals surface area contributed by atoms with E-state index in [1.807, 2.05) is 18.4 Å². The average molecular weight is 323 g/mol. The lowest BCUT2D eigenvalue weighted by atomic mass is 10.1. The first-order valence-corrected chi connectivity index (χ1v) is 7.51. The molecule has 0 unspecified atom stereocenters. The first-order chi connectivity index (χ1) is 10.0. The number of thioether (sulfide) groups is 1. The van der Waals surface area contributed by atoms with E-state index in [9.17, 15) is 14.9 Å². The van der Waals surface area contributed by atoms with Gasteiger partial charge in [-0.1, -0.05) is 23.7 Å². The molecule has 0 bridgehead atoms. The highest BCUT2D eigenvalue weighted by Crippen LogP contribution is 2.27. The van der Waals surface area contributed by atoms with Crippen LogP contribution in [0.15, 0.2) is 47.4 Å². The van der Waals surface area contributed by atoms with E-state index in [1.54, 1.807) is 12.1 Å². The zero-order chi connectivity index (χ0) is 15.4. The maximum absolute atomic E-state index is 12.3. The molecule has 0 aliphatic carbocycles. The minimum absolute atomic E-state index is 0.0663. The molecule has 108 valence electrons. The summed E-state index contributed by atoms with van der Waals surface area (Å²) in [6.07, 6.45) is 1.88. The summed E-state index contributed by atoms with van der Waals surface area (Å²) in [4.78, 5) is 23.5. The summed E-state index contributed by atoms with van der Waals surface area (Å²) in [5, 5.41) is 13.9. The fourth-order valence-corrected chi connectivity index (χ4v) is 2.51. The number of amides is 1. The Morgan fingerprint density at radius 2 is 2.00 bits per heavy atom. The van der Waals surface area contributed by atoms with E-state index in [0.29, 0.717) is 5.69 Å². The van der Waals surface area contributed by atoms with Crippen LogP contribution in [-0.2, 0) is 0 Å². The minimum atomic E-state index is -0.605. The van der Waals surface area contributed by atoms with Gasteiger partial charge in [0.2, 0.25) is 0 Å². The van der Waals surface area contributed by atoms with Crippen molar-refractivity contribution < 1.29 is 9.72 Å². The van der Waals surface area contributed by atoms with Crippen LogP contribution in [0.2, 0.25) is 5.02 Å². The summed E-state index contributed by atoms with van der Waals surface area (Å²) in [5.41, 5.74) is 0.256. The lowest BCUT2D eigenvalue weighted by Gasteiger charge is -2.09. The van der Waals surface area contributed by atoms with E-state index in [0.717, 1.165) is 4.90 Å². The van der Waals surface area contributed by atoms with Gasteiger partial charge >= 0.3 is 0 Å². The van der Waals surface area contributed by atoms with Gasteiger partial charge in [-0.25, -0.2) is 0 Å². The van der Waals surface area contributed by atoms with Crippen LogP contribution in [0.25, 0.3) is 0 Å². The van der Waals surface area contributed by atoms with Crippen molar-refractivity contribution in [2.45, 2.75) is 4.90 Å². The number of para-hydroxylation sites is 1. The number of rotatable bonds is 4. The molecule has 0 saturated carbocycles. The van der Waals surface area contributed by atoms with Gasteiger partial charge in [0.05, 0.1) is 10.6 Å². The molecule has 21 heavy (non-hydrogen) atoms. The number of carbonyl (C=O) groups excluding carboxylic acids is 1. The van der Waals surface area contributed by atoms with E-state index in [2.05, 4.69) is 5.32 Å². The molecule has 1 N–H and O–H groups in total. The maximum atomic E-state index is 12.3. The van der Waals surface area contributed by atoms with Gasteiger partial charge in [-0.15, -0.1) is 11.8 Å². The van der Waals surface area contributed by atoms with Crippen molar-refractivity contribution >= 4 is 40.6 Å². The topological polar surface area (TPSA) is 72.2 Å². The minimum Gasteiger partial charge on any atom is -0.321 e. The number of carbonyl (C=O) groups is 1. The lowest BCUT2D eigenvalue weighted by molar-refractivity contribution is -0.385. The number of nitro groups is 1. The summed E-state index contributed by atoms with van der Waals surface area (Å²) < 4.78 is 0. The zero-order valence-electron chi connectivity index (χ0n) is 11.0. The molecule has 2 aromatic rings. The fourth-order valence-electron chi connectivity index (χ4n) is 1.79. The molecular formula is C14H11ClN2O3S. The van der Waals surface area contributed by atoms with Gasteiger partial charge < -0.3 is 5.32 Å². The standard InChI is InChI=1S/C14H11ClN2O3S/c1-21-13-5-3-2-4-11(13)16-14(18)10-8-9(15)6-7-12(10)17(19)20/h2-8H,1H3,(H,16,18). The number of hydrogen-bond donors (Lipinski definition) is 1. The third-order valence-electron chi connectivity index (χ3n) is 2.76. The van der Waals surface area contributed by atoms with Crippen molar-refractivity contribution in [3.05, 3.63) is 63.2 Å². The summed E-state index contributed by atoms with van der Waals surface area (Å²) in [7, 11) is 0. The molecule has 0 aliphatic heterocycles. The Morgan fingerprint density at radius 1 is 1.29 bits per heavy atom. The smallest absolute Gasteiger partial charge is 0.282 e. The second-order valence-electron chi connectivity index (χ2n) is 4.07. The van der Waals surface area contributed by atoms with Crippen LogP contribution in [-0.4, -0.2) is 17.1 Å². The molecule has 0 aliphatic rings. The Bertz CT molecular complexity index is 706. The number of hydrogen-bond acceptors (Lipinski definition) is 4. The van der Waals surface area contributed by atoms with Crippen LogP contribution >= 0.6 is 23.4 Å². The number of nitrogens with one attached hydrogen (secondary N) is 1. The van der Waals surface area contributed by atoms with Crippen molar-refractivity contribution in [3.63, 3.8) is 0 Å². The molecule has 0 heterocycles. The molecular weight excluding hydrogens is 312 g/mol. The van der Waals surface area contributed by atoms with Crippen molar-refractivity contribution in [1.82, 2.24) is 0 Å². The van der Waals surface area contributed by atoms with Gasteiger partial charge in [-0.05, 0) is 30.5 Å². The number of halogens is 1. The second-order valence-corrected chi connectivity index (χ2v) is 5.36. The predicted octanol–water partition coefficient (Wildman–Crippen LogP) is 4.22. The molecule has 5 nitrogen and oxygen atoms in total. The van der Waals surface area contributed by atoms with Crippen molar-refractivity contribution in [1.29, 1.82) is 0 Å². The monoisotopic (exact) mass is 322 g/mol. The molecule has 0 radical (unpaired) electrons. The predicted molar refractivity (Wildman–Crippen MR) is 84.3 cm³/mol. The van der Waals surface area contributed by atoms with E-state index in [-0.39, 0.29) is 16.3 Å². The van der Waals surface area contributed by atoms with Gasteiger partial charge in [-0.2, -0.15) is 0 Å². The lowest BCUT2D eigenvalue weighted by Crippen LogP contribution is -2.14. The first kappa shape index (κ1) is 15.3. The van der Waals surface area contributed by atoms with Crippen LogP contribution in [0, 0.1) is 10.1 Å².